The Morgan fingerprint density at radius 2 is 2.43 bits per heavy atom. The summed E-state index contributed by atoms with van der Waals surface area (Å²) in [5.74, 6) is 0.810. The standard InChI is InChI=1S/C11H10O2S/c1-2-4-10-9(6-7-12-13-10)11-5-3-8-14-11/h2-3,5-8H,1,4H2. The molecular formula is C11H10O2S. The van der Waals surface area contributed by atoms with Crippen molar-refractivity contribution in [2.24, 2.45) is 0 Å². The van der Waals surface area contributed by atoms with Crippen molar-refractivity contribution in [2.75, 3.05) is 0 Å². The summed E-state index contributed by atoms with van der Waals surface area (Å²) in [5, 5.41) is 2.04. The molecule has 1 aliphatic heterocycles. The molecule has 3 heteroatoms. The van der Waals surface area contributed by atoms with Crippen LogP contribution in [-0.4, -0.2) is 0 Å². The highest BCUT2D eigenvalue weighted by Gasteiger charge is 2.12. The molecular weight excluding hydrogens is 196 g/mol. The molecule has 2 heterocycles. The van der Waals surface area contributed by atoms with Gasteiger partial charge in [0.05, 0.1) is 0 Å². The molecule has 72 valence electrons. The van der Waals surface area contributed by atoms with Gasteiger partial charge in [0, 0.05) is 16.9 Å². The molecule has 0 radical (unpaired) electrons. The van der Waals surface area contributed by atoms with Gasteiger partial charge < -0.3 is 0 Å². The molecule has 0 fully saturated rings. The van der Waals surface area contributed by atoms with Crippen molar-refractivity contribution in [1.29, 1.82) is 0 Å². The molecule has 0 saturated carbocycles. The van der Waals surface area contributed by atoms with Crippen LogP contribution in [0.5, 0.6) is 0 Å². The molecule has 2 rings (SSSR count). The molecule has 1 aliphatic rings. The molecule has 0 saturated heterocycles. The van der Waals surface area contributed by atoms with Crippen molar-refractivity contribution in [3.63, 3.8) is 0 Å². The largest absolute Gasteiger partial charge is 0.298 e. The summed E-state index contributed by atoms with van der Waals surface area (Å²) >= 11 is 1.68. The zero-order chi connectivity index (χ0) is 9.80. The molecule has 0 unspecified atom stereocenters. The zero-order valence-electron chi connectivity index (χ0n) is 7.60. The highest BCUT2D eigenvalue weighted by Crippen LogP contribution is 2.29. The van der Waals surface area contributed by atoms with Gasteiger partial charge in [-0.15, -0.1) is 17.9 Å². The third-order valence-corrected chi connectivity index (χ3v) is 2.76. The monoisotopic (exact) mass is 206 g/mol. The average Bonchev–Trinajstić information content (AvgIpc) is 2.72. The first-order valence-corrected chi connectivity index (χ1v) is 5.17. The van der Waals surface area contributed by atoms with Crippen LogP contribution in [0.3, 0.4) is 0 Å². The lowest BCUT2D eigenvalue weighted by Crippen LogP contribution is -1.98. The van der Waals surface area contributed by atoms with Crippen LogP contribution in [0.2, 0.25) is 0 Å². The molecule has 0 amide bonds. The van der Waals surface area contributed by atoms with Gasteiger partial charge in [0.15, 0.2) is 5.76 Å². The predicted octanol–water partition coefficient (Wildman–Crippen LogP) is 3.51. The number of rotatable bonds is 3. The topological polar surface area (TPSA) is 18.5 Å². The summed E-state index contributed by atoms with van der Waals surface area (Å²) in [7, 11) is 0. The summed E-state index contributed by atoms with van der Waals surface area (Å²) in [6.45, 7) is 3.68. The maximum absolute atomic E-state index is 5.08. The van der Waals surface area contributed by atoms with E-state index in [1.165, 1.54) is 4.88 Å². The van der Waals surface area contributed by atoms with Gasteiger partial charge in [-0.2, -0.15) is 0 Å². The normalized spacial score (nSPS) is 14.9. The third kappa shape index (κ3) is 1.72. The van der Waals surface area contributed by atoms with Crippen molar-refractivity contribution in [1.82, 2.24) is 0 Å². The SMILES string of the molecule is C=CCC1=C(c2cccs2)C=COO1. The third-order valence-electron chi connectivity index (χ3n) is 1.86. The summed E-state index contributed by atoms with van der Waals surface area (Å²) in [4.78, 5) is 11.0. The van der Waals surface area contributed by atoms with E-state index in [0.717, 1.165) is 11.3 Å². The van der Waals surface area contributed by atoms with Crippen LogP contribution < -0.4 is 0 Å². The first-order valence-electron chi connectivity index (χ1n) is 4.29. The fourth-order valence-electron chi connectivity index (χ4n) is 1.25. The van der Waals surface area contributed by atoms with Crippen molar-refractivity contribution in [2.45, 2.75) is 6.42 Å². The molecule has 0 spiro atoms. The first kappa shape index (κ1) is 9.09. The van der Waals surface area contributed by atoms with Crippen LogP contribution in [0.1, 0.15) is 11.3 Å². The Kier molecular flexibility index (Phi) is 2.70. The van der Waals surface area contributed by atoms with E-state index in [9.17, 15) is 0 Å². The van der Waals surface area contributed by atoms with Gasteiger partial charge >= 0.3 is 0 Å². The Labute approximate surface area is 86.7 Å². The van der Waals surface area contributed by atoms with Crippen LogP contribution in [-0.2, 0) is 9.78 Å². The molecule has 2 nitrogen and oxygen atoms in total. The van der Waals surface area contributed by atoms with Crippen molar-refractivity contribution >= 4 is 16.9 Å². The van der Waals surface area contributed by atoms with E-state index in [-0.39, 0.29) is 0 Å². The summed E-state index contributed by atoms with van der Waals surface area (Å²) in [5.41, 5.74) is 1.08. The lowest BCUT2D eigenvalue weighted by Gasteiger charge is -2.13. The van der Waals surface area contributed by atoms with E-state index in [1.54, 1.807) is 23.7 Å². The van der Waals surface area contributed by atoms with Crippen LogP contribution in [0.4, 0.5) is 0 Å². The highest BCUT2D eigenvalue weighted by atomic mass is 32.1. The second-order valence-electron chi connectivity index (χ2n) is 2.79. The van der Waals surface area contributed by atoms with Crippen LogP contribution in [0.25, 0.3) is 5.57 Å². The zero-order valence-corrected chi connectivity index (χ0v) is 8.42. The van der Waals surface area contributed by atoms with Gasteiger partial charge in [-0.1, -0.05) is 12.1 Å². The predicted molar refractivity (Wildman–Crippen MR) is 57.4 cm³/mol. The Morgan fingerprint density at radius 1 is 1.50 bits per heavy atom. The summed E-state index contributed by atoms with van der Waals surface area (Å²) in [6, 6.07) is 4.07. The Balaban J connectivity index is 2.37. The van der Waals surface area contributed by atoms with E-state index in [1.807, 2.05) is 17.5 Å². The van der Waals surface area contributed by atoms with Gasteiger partial charge in [0.1, 0.15) is 6.26 Å². The maximum Gasteiger partial charge on any atom is 0.168 e. The van der Waals surface area contributed by atoms with Gasteiger partial charge in [0.25, 0.3) is 0 Å². The molecule has 1 aromatic heterocycles. The lowest BCUT2D eigenvalue weighted by atomic mass is 10.1. The second kappa shape index (κ2) is 4.15. The van der Waals surface area contributed by atoms with Crippen LogP contribution >= 0.6 is 11.3 Å². The minimum atomic E-state index is 0.678. The summed E-state index contributed by atoms with van der Waals surface area (Å²) < 4.78 is 0. The quantitative estimate of drug-likeness (QED) is 0.556. The number of thiophene rings is 1. The second-order valence-corrected chi connectivity index (χ2v) is 3.74. The molecule has 0 bridgehead atoms. The van der Waals surface area contributed by atoms with Crippen molar-refractivity contribution < 1.29 is 9.78 Å². The minimum absolute atomic E-state index is 0.678. The van der Waals surface area contributed by atoms with Crippen molar-refractivity contribution in [3.8, 4) is 0 Å². The lowest BCUT2D eigenvalue weighted by molar-refractivity contribution is -0.214. The molecule has 0 aliphatic carbocycles. The van der Waals surface area contributed by atoms with Gasteiger partial charge in [-0.25, -0.2) is 0 Å². The van der Waals surface area contributed by atoms with Crippen LogP contribution in [0.15, 0.2) is 48.3 Å². The van der Waals surface area contributed by atoms with Gasteiger partial charge in [-0.05, 0) is 17.5 Å². The molecule has 1 aromatic rings. The van der Waals surface area contributed by atoms with Gasteiger partial charge in [-0.3, -0.25) is 9.78 Å². The Hall–Kier alpha value is -1.48. The van der Waals surface area contributed by atoms with E-state index in [0.29, 0.717) is 6.42 Å². The van der Waals surface area contributed by atoms with Crippen molar-refractivity contribution in [3.05, 3.63) is 53.1 Å². The fraction of sp³-hybridized carbons (Fsp3) is 0.0909. The Morgan fingerprint density at radius 3 is 3.14 bits per heavy atom. The molecule has 0 atom stereocenters. The smallest absolute Gasteiger partial charge is 0.168 e. The van der Waals surface area contributed by atoms with E-state index in [2.05, 4.69) is 12.6 Å². The Bertz CT molecular complexity index is 374. The van der Waals surface area contributed by atoms with E-state index >= 15 is 0 Å². The minimum Gasteiger partial charge on any atom is -0.298 e. The average molecular weight is 206 g/mol. The number of hydrogen-bond acceptors (Lipinski definition) is 3. The molecule has 0 N–H and O–H groups in total. The first-order chi connectivity index (χ1) is 6.92. The number of hydrogen-bond donors (Lipinski definition) is 0. The van der Waals surface area contributed by atoms with E-state index < -0.39 is 0 Å². The maximum atomic E-state index is 5.08. The number of allylic oxidation sites excluding steroid dienone is 3. The molecule has 0 aromatic carbocycles. The fourth-order valence-corrected chi connectivity index (χ4v) is 2.02. The highest BCUT2D eigenvalue weighted by molar-refractivity contribution is 7.11. The summed E-state index contributed by atoms with van der Waals surface area (Å²) in [6.07, 6.45) is 5.93. The van der Waals surface area contributed by atoms with Crippen LogP contribution in [0, 0.1) is 0 Å². The molecule has 14 heavy (non-hydrogen) atoms. The van der Waals surface area contributed by atoms with E-state index in [4.69, 9.17) is 9.78 Å². The van der Waals surface area contributed by atoms with Gasteiger partial charge in [0.2, 0.25) is 0 Å².